The second-order valence-electron chi connectivity index (χ2n) is 6.74. The van der Waals surface area contributed by atoms with Crippen LogP contribution in [-0.2, 0) is 0 Å². The number of hydrogen-bond acceptors (Lipinski definition) is 3. The molecule has 1 aliphatic carbocycles. The average Bonchev–Trinajstić information content (AvgIpc) is 3.14. The predicted molar refractivity (Wildman–Crippen MR) is 79.6 cm³/mol. The first-order chi connectivity index (χ1) is 9.58. The van der Waals surface area contributed by atoms with Crippen molar-refractivity contribution in [3.63, 3.8) is 0 Å². The van der Waals surface area contributed by atoms with Gasteiger partial charge >= 0.3 is 6.03 Å². The number of urea groups is 1. The maximum atomic E-state index is 11.8. The molecule has 2 amide bonds. The molecule has 2 unspecified atom stereocenters. The fourth-order valence-corrected chi connectivity index (χ4v) is 3.02. The van der Waals surface area contributed by atoms with Gasteiger partial charge in [-0.1, -0.05) is 13.8 Å². The largest absolute Gasteiger partial charge is 0.394 e. The fraction of sp³-hybridized carbons (Fsp3) is 0.933. The monoisotopic (exact) mass is 283 g/mol. The molecule has 2 rings (SSSR count). The van der Waals surface area contributed by atoms with Crippen LogP contribution in [0.15, 0.2) is 0 Å². The highest BCUT2D eigenvalue weighted by molar-refractivity contribution is 5.74. The summed E-state index contributed by atoms with van der Waals surface area (Å²) in [6, 6.07) is 0.551. The van der Waals surface area contributed by atoms with Crippen molar-refractivity contribution in [3.05, 3.63) is 0 Å². The number of aliphatic hydroxyl groups excluding tert-OH is 1. The SMILES string of the molecule is CC(C)CC(CO)NC(=O)NCC1CCN(C2CC2)C1. The van der Waals surface area contributed by atoms with E-state index in [2.05, 4.69) is 29.4 Å². The van der Waals surface area contributed by atoms with Crippen molar-refractivity contribution < 1.29 is 9.90 Å². The van der Waals surface area contributed by atoms with Crippen molar-refractivity contribution in [3.8, 4) is 0 Å². The summed E-state index contributed by atoms with van der Waals surface area (Å²) < 4.78 is 0. The number of amides is 2. The van der Waals surface area contributed by atoms with Crippen molar-refractivity contribution in [1.82, 2.24) is 15.5 Å². The van der Waals surface area contributed by atoms with E-state index in [0.717, 1.165) is 25.6 Å². The highest BCUT2D eigenvalue weighted by Gasteiger charge is 2.34. The first-order valence-electron chi connectivity index (χ1n) is 7.97. The van der Waals surface area contributed by atoms with Crippen LogP contribution in [0.3, 0.4) is 0 Å². The number of nitrogens with one attached hydrogen (secondary N) is 2. The molecule has 2 atom stereocenters. The van der Waals surface area contributed by atoms with Crippen molar-refractivity contribution in [2.24, 2.45) is 11.8 Å². The van der Waals surface area contributed by atoms with Crippen LogP contribution in [0.25, 0.3) is 0 Å². The Balaban J connectivity index is 1.62. The van der Waals surface area contributed by atoms with Gasteiger partial charge in [0.15, 0.2) is 0 Å². The molecule has 1 aliphatic heterocycles. The first-order valence-corrected chi connectivity index (χ1v) is 7.97. The molecule has 5 heteroatoms. The normalized spacial score (nSPS) is 24.9. The molecule has 1 saturated heterocycles. The predicted octanol–water partition coefficient (Wildman–Crippen LogP) is 1.18. The Hall–Kier alpha value is -0.810. The van der Waals surface area contributed by atoms with Crippen LogP contribution in [0.5, 0.6) is 0 Å². The van der Waals surface area contributed by atoms with E-state index < -0.39 is 0 Å². The third kappa shape index (κ3) is 4.94. The van der Waals surface area contributed by atoms with Crippen LogP contribution < -0.4 is 10.6 Å². The summed E-state index contributed by atoms with van der Waals surface area (Å²) in [5.74, 6) is 1.05. The van der Waals surface area contributed by atoms with E-state index in [-0.39, 0.29) is 18.7 Å². The minimum absolute atomic E-state index is 0.00445. The molecule has 0 spiro atoms. The second-order valence-corrected chi connectivity index (χ2v) is 6.74. The highest BCUT2D eigenvalue weighted by atomic mass is 16.3. The third-order valence-electron chi connectivity index (χ3n) is 4.24. The summed E-state index contributed by atoms with van der Waals surface area (Å²) in [6.07, 6.45) is 4.71. The Morgan fingerprint density at radius 2 is 2.10 bits per heavy atom. The molecule has 20 heavy (non-hydrogen) atoms. The summed E-state index contributed by atoms with van der Waals surface area (Å²) in [4.78, 5) is 14.4. The van der Waals surface area contributed by atoms with Gasteiger partial charge in [-0.05, 0) is 44.1 Å². The van der Waals surface area contributed by atoms with Gasteiger partial charge in [-0.15, -0.1) is 0 Å². The van der Waals surface area contributed by atoms with E-state index in [1.54, 1.807) is 0 Å². The van der Waals surface area contributed by atoms with E-state index in [1.807, 2.05) is 0 Å². The van der Waals surface area contributed by atoms with Gasteiger partial charge in [-0.3, -0.25) is 0 Å². The summed E-state index contributed by atoms with van der Waals surface area (Å²) in [7, 11) is 0. The minimum Gasteiger partial charge on any atom is -0.394 e. The molecule has 0 aromatic carbocycles. The van der Waals surface area contributed by atoms with Gasteiger partial charge in [0, 0.05) is 19.1 Å². The maximum absolute atomic E-state index is 11.8. The Morgan fingerprint density at radius 1 is 1.35 bits per heavy atom. The van der Waals surface area contributed by atoms with Crippen molar-refractivity contribution in [2.75, 3.05) is 26.2 Å². The summed E-state index contributed by atoms with van der Waals surface area (Å²) >= 11 is 0. The molecule has 0 bridgehead atoms. The zero-order valence-electron chi connectivity index (χ0n) is 12.8. The number of nitrogens with zero attached hydrogens (tertiary/aromatic N) is 1. The molecule has 0 radical (unpaired) electrons. The average molecular weight is 283 g/mol. The second kappa shape index (κ2) is 7.27. The number of likely N-dealkylation sites (tertiary alicyclic amines) is 1. The molecule has 0 aromatic rings. The molecule has 1 saturated carbocycles. The Labute approximate surface area is 122 Å². The lowest BCUT2D eigenvalue weighted by atomic mass is 10.0. The number of rotatable bonds is 7. The zero-order chi connectivity index (χ0) is 14.5. The van der Waals surface area contributed by atoms with Crippen molar-refractivity contribution >= 4 is 6.03 Å². The smallest absolute Gasteiger partial charge is 0.315 e. The molecule has 1 heterocycles. The number of carbonyl (C=O) groups is 1. The first kappa shape index (κ1) is 15.6. The van der Waals surface area contributed by atoms with Crippen LogP contribution >= 0.6 is 0 Å². The van der Waals surface area contributed by atoms with Crippen LogP contribution in [-0.4, -0.2) is 54.4 Å². The van der Waals surface area contributed by atoms with E-state index in [1.165, 1.54) is 25.8 Å². The van der Waals surface area contributed by atoms with Gasteiger partial charge in [-0.2, -0.15) is 0 Å². The van der Waals surface area contributed by atoms with Gasteiger partial charge in [-0.25, -0.2) is 4.79 Å². The lowest BCUT2D eigenvalue weighted by molar-refractivity contribution is 0.205. The number of carbonyl (C=O) groups excluding carboxylic acids is 1. The van der Waals surface area contributed by atoms with Gasteiger partial charge in [0.25, 0.3) is 0 Å². The van der Waals surface area contributed by atoms with Crippen molar-refractivity contribution in [2.45, 2.75) is 51.6 Å². The summed E-state index contributed by atoms with van der Waals surface area (Å²) in [6.45, 7) is 7.24. The Bertz CT molecular complexity index is 318. The van der Waals surface area contributed by atoms with Gasteiger partial charge in [0.2, 0.25) is 0 Å². The van der Waals surface area contributed by atoms with Crippen LogP contribution in [0.4, 0.5) is 4.79 Å². The van der Waals surface area contributed by atoms with E-state index in [4.69, 9.17) is 0 Å². The van der Waals surface area contributed by atoms with E-state index in [0.29, 0.717) is 11.8 Å². The number of hydrogen-bond donors (Lipinski definition) is 3. The Morgan fingerprint density at radius 3 is 2.70 bits per heavy atom. The number of aliphatic hydroxyl groups is 1. The Kier molecular flexibility index (Phi) is 5.66. The highest BCUT2D eigenvalue weighted by Crippen LogP contribution is 2.31. The lowest BCUT2D eigenvalue weighted by Gasteiger charge is -2.20. The van der Waals surface area contributed by atoms with Gasteiger partial charge in [0.1, 0.15) is 0 Å². The van der Waals surface area contributed by atoms with Crippen LogP contribution in [0, 0.1) is 11.8 Å². The molecule has 5 nitrogen and oxygen atoms in total. The molecule has 0 aromatic heterocycles. The lowest BCUT2D eigenvalue weighted by Crippen LogP contribution is -2.45. The molecule has 2 aliphatic rings. The summed E-state index contributed by atoms with van der Waals surface area (Å²) in [5, 5.41) is 15.1. The van der Waals surface area contributed by atoms with Crippen LogP contribution in [0.2, 0.25) is 0 Å². The third-order valence-corrected chi connectivity index (χ3v) is 4.24. The zero-order valence-corrected chi connectivity index (χ0v) is 12.8. The molecular formula is C15H29N3O2. The van der Waals surface area contributed by atoms with E-state index in [9.17, 15) is 9.90 Å². The van der Waals surface area contributed by atoms with Crippen LogP contribution in [0.1, 0.15) is 39.5 Å². The molecule has 2 fully saturated rings. The van der Waals surface area contributed by atoms with E-state index >= 15 is 0 Å². The standard InChI is InChI=1S/C15H29N3O2/c1-11(2)7-13(10-19)17-15(20)16-8-12-5-6-18(9-12)14-3-4-14/h11-14,19H,3-10H2,1-2H3,(H2,16,17,20). The topological polar surface area (TPSA) is 64.6 Å². The summed E-state index contributed by atoms with van der Waals surface area (Å²) in [5.41, 5.74) is 0. The van der Waals surface area contributed by atoms with Gasteiger partial charge < -0.3 is 20.6 Å². The molecule has 3 N–H and O–H groups in total. The van der Waals surface area contributed by atoms with Crippen molar-refractivity contribution in [1.29, 1.82) is 0 Å². The molecular weight excluding hydrogens is 254 g/mol. The minimum atomic E-state index is -0.144. The molecule has 116 valence electrons. The quantitative estimate of drug-likeness (QED) is 0.657. The van der Waals surface area contributed by atoms with Gasteiger partial charge in [0.05, 0.1) is 12.6 Å². The maximum Gasteiger partial charge on any atom is 0.315 e. The fourth-order valence-electron chi connectivity index (χ4n) is 3.02.